The van der Waals surface area contributed by atoms with Crippen molar-refractivity contribution in [3.63, 3.8) is 0 Å². The molecule has 0 saturated carbocycles. The second-order valence-electron chi connectivity index (χ2n) is 2.39. The molecule has 0 radical (unpaired) electrons. The smallest absolute Gasteiger partial charge is 0.0698 e. The maximum atomic E-state index is 8.81. The average molecular weight is 163 g/mol. The highest BCUT2D eigenvalue weighted by Crippen LogP contribution is 1.75. The normalized spacial score (nSPS) is 13.4. The lowest BCUT2D eigenvalue weighted by Gasteiger charge is -2.06. The van der Waals surface area contributed by atoms with E-state index in [9.17, 15) is 0 Å². The summed E-state index contributed by atoms with van der Waals surface area (Å²) < 4.78 is 4.97. The fourth-order valence-electron chi connectivity index (χ4n) is 0.622. The molecule has 0 fully saturated rings. The van der Waals surface area contributed by atoms with Gasteiger partial charge in [-0.25, -0.2) is 0 Å². The number of rotatable bonds is 7. The van der Waals surface area contributed by atoms with E-state index in [4.69, 9.17) is 14.9 Å². The van der Waals surface area contributed by atoms with Crippen LogP contribution in [-0.2, 0) is 4.74 Å². The molecule has 0 aromatic heterocycles. The summed E-state index contributed by atoms with van der Waals surface area (Å²) >= 11 is 0. The predicted octanol–water partition coefficient (Wildman–Crippen LogP) is -1.03. The number of aliphatic hydroxyl groups excluding tert-OH is 2. The van der Waals surface area contributed by atoms with Gasteiger partial charge in [0.25, 0.3) is 0 Å². The number of hydrogen-bond donors (Lipinski definition) is 3. The Morgan fingerprint density at radius 3 is 2.73 bits per heavy atom. The molecule has 0 aromatic carbocycles. The molecule has 0 saturated heterocycles. The summed E-state index contributed by atoms with van der Waals surface area (Å²) in [7, 11) is 0. The molecule has 0 amide bonds. The maximum Gasteiger partial charge on any atom is 0.0698 e. The van der Waals surface area contributed by atoms with Crippen LogP contribution < -0.4 is 5.32 Å². The molecule has 0 aromatic rings. The second kappa shape index (κ2) is 7.94. The summed E-state index contributed by atoms with van der Waals surface area (Å²) in [5.74, 6) is 0. The molecule has 0 aliphatic heterocycles. The van der Waals surface area contributed by atoms with E-state index in [1.807, 2.05) is 0 Å². The Morgan fingerprint density at radius 2 is 2.18 bits per heavy atom. The molecule has 11 heavy (non-hydrogen) atoms. The third-order valence-electron chi connectivity index (χ3n) is 1.10. The van der Waals surface area contributed by atoms with Crippen molar-refractivity contribution in [2.24, 2.45) is 0 Å². The van der Waals surface area contributed by atoms with Crippen LogP contribution in [0.25, 0.3) is 0 Å². The van der Waals surface area contributed by atoms with Gasteiger partial charge in [-0.15, -0.1) is 0 Å². The molecule has 1 atom stereocenters. The summed E-state index contributed by atoms with van der Waals surface area (Å²) in [6.45, 7) is 4.05. The highest BCUT2D eigenvalue weighted by molar-refractivity contribution is 4.51. The van der Waals surface area contributed by atoms with Gasteiger partial charge < -0.3 is 20.3 Å². The lowest BCUT2D eigenvalue weighted by Crippen LogP contribution is -2.27. The van der Waals surface area contributed by atoms with Crippen LogP contribution in [0, 0.1) is 0 Å². The largest absolute Gasteiger partial charge is 0.394 e. The van der Waals surface area contributed by atoms with E-state index < -0.39 is 0 Å². The number of nitrogens with one attached hydrogen (secondary N) is 1. The zero-order valence-electron chi connectivity index (χ0n) is 6.92. The summed E-state index contributed by atoms with van der Waals surface area (Å²) in [6, 6.07) is 0. The number of aliphatic hydroxyl groups is 2. The second-order valence-corrected chi connectivity index (χ2v) is 2.39. The van der Waals surface area contributed by atoms with Crippen molar-refractivity contribution in [2.45, 2.75) is 13.0 Å². The Labute approximate surface area is 67.2 Å². The Hall–Kier alpha value is -0.160. The third kappa shape index (κ3) is 9.84. The van der Waals surface area contributed by atoms with Gasteiger partial charge in [0, 0.05) is 13.1 Å². The van der Waals surface area contributed by atoms with E-state index in [0.717, 1.165) is 0 Å². The van der Waals surface area contributed by atoms with Gasteiger partial charge in [0.1, 0.15) is 0 Å². The van der Waals surface area contributed by atoms with Crippen molar-refractivity contribution >= 4 is 0 Å². The van der Waals surface area contributed by atoms with Crippen LogP contribution >= 0.6 is 0 Å². The molecule has 0 unspecified atom stereocenters. The van der Waals surface area contributed by atoms with Crippen LogP contribution in [-0.4, -0.2) is 49.2 Å². The molecule has 4 nitrogen and oxygen atoms in total. The Balaban J connectivity index is 2.80. The average Bonchev–Trinajstić information content (AvgIpc) is 1.96. The Kier molecular flexibility index (Phi) is 7.83. The fourth-order valence-corrected chi connectivity index (χ4v) is 0.622. The van der Waals surface area contributed by atoms with Crippen LogP contribution in [0.3, 0.4) is 0 Å². The first-order valence-corrected chi connectivity index (χ1v) is 3.84. The molecule has 68 valence electrons. The van der Waals surface area contributed by atoms with Gasteiger partial charge in [0.15, 0.2) is 0 Å². The van der Waals surface area contributed by atoms with Crippen LogP contribution in [0.5, 0.6) is 0 Å². The van der Waals surface area contributed by atoms with Crippen molar-refractivity contribution in [3.05, 3.63) is 0 Å². The molecule has 0 spiro atoms. The van der Waals surface area contributed by atoms with E-state index in [0.29, 0.717) is 26.3 Å². The lowest BCUT2D eigenvalue weighted by atomic mass is 10.4. The van der Waals surface area contributed by atoms with Gasteiger partial charge in [0.05, 0.1) is 25.9 Å². The minimum Gasteiger partial charge on any atom is -0.394 e. The molecule has 0 aliphatic rings. The molecular formula is C7H17NO3. The molecular weight excluding hydrogens is 146 g/mol. The number of ether oxygens (including phenoxy) is 1. The quantitative estimate of drug-likeness (QED) is 0.420. The van der Waals surface area contributed by atoms with Crippen LogP contribution in [0.1, 0.15) is 6.92 Å². The molecule has 0 bridgehead atoms. The van der Waals surface area contributed by atoms with Crippen molar-refractivity contribution < 1.29 is 14.9 Å². The van der Waals surface area contributed by atoms with Crippen molar-refractivity contribution in [2.75, 3.05) is 32.9 Å². The highest BCUT2D eigenvalue weighted by atomic mass is 16.5. The van der Waals surface area contributed by atoms with Crippen LogP contribution in [0.15, 0.2) is 0 Å². The molecule has 3 N–H and O–H groups in total. The summed E-state index contributed by atoms with van der Waals surface area (Å²) in [5.41, 5.74) is 0. The maximum absolute atomic E-state index is 8.81. The third-order valence-corrected chi connectivity index (χ3v) is 1.10. The van der Waals surface area contributed by atoms with Gasteiger partial charge in [-0.05, 0) is 6.92 Å². The van der Waals surface area contributed by atoms with Gasteiger partial charge in [-0.2, -0.15) is 0 Å². The molecule has 0 heterocycles. The first-order valence-electron chi connectivity index (χ1n) is 3.84. The SMILES string of the molecule is C[C@@H](O)CNCCOCCO. The first-order chi connectivity index (χ1) is 5.27. The van der Waals surface area contributed by atoms with Gasteiger partial charge in [0.2, 0.25) is 0 Å². The Bertz CT molecular complexity index is 78.1. The zero-order valence-corrected chi connectivity index (χ0v) is 6.92. The van der Waals surface area contributed by atoms with Gasteiger partial charge >= 0.3 is 0 Å². The molecule has 0 rings (SSSR count). The highest BCUT2D eigenvalue weighted by Gasteiger charge is 1.92. The zero-order chi connectivity index (χ0) is 8.53. The first kappa shape index (κ1) is 10.8. The summed E-state index contributed by atoms with van der Waals surface area (Å²) in [4.78, 5) is 0. The topological polar surface area (TPSA) is 61.7 Å². The van der Waals surface area contributed by atoms with Crippen LogP contribution in [0.4, 0.5) is 0 Å². The fraction of sp³-hybridized carbons (Fsp3) is 1.00. The van der Waals surface area contributed by atoms with Crippen molar-refractivity contribution in [1.82, 2.24) is 5.32 Å². The van der Waals surface area contributed by atoms with E-state index in [1.54, 1.807) is 6.92 Å². The summed E-state index contributed by atoms with van der Waals surface area (Å²) in [5, 5.41) is 20.1. The van der Waals surface area contributed by atoms with E-state index in [2.05, 4.69) is 5.32 Å². The molecule has 0 aliphatic carbocycles. The standard InChI is InChI=1S/C7H17NO3/c1-7(10)6-8-2-4-11-5-3-9/h7-10H,2-6H2,1H3/t7-/m1/s1. The van der Waals surface area contributed by atoms with Gasteiger partial charge in [-0.1, -0.05) is 0 Å². The van der Waals surface area contributed by atoms with E-state index in [-0.39, 0.29) is 12.7 Å². The lowest BCUT2D eigenvalue weighted by molar-refractivity contribution is 0.0917. The summed E-state index contributed by atoms with van der Waals surface area (Å²) in [6.07, 6.45) is -0.312. The Morgan fingerprint density at radius 1 is 1.45 bits per heavy atom. The monoisotopic (exact) mass is 163 g/mol. The van der Waals surface area contributed by atoms with Crippen LogP contribution in [0.2, 0.25) is 0 Å². The van der Waals surface area contributed by atoms with Gasteiger partial charge in [-0.3, -0.25) is 0 Å². The molecule has 4 heteroatoms. The number of hydrogen-bond acceptors (Lipinski definition) is 4. The predicted molar refractivity (Wildman–Crippen MR) is 42.5 cm³/mol. The van der Waals surface area contributed by atoms with Crippen molar-refractivity contribution in [3.8, 4) is 0 Å². The van der Waals surface area contributed by atoms with E-state index >= 15 is 0 Å². The van der Waals surface area contributed by atoms with Crippen molar-refractivity contribution in [1.29, 1.82) is 0 Å². The van der Waals surface area contributed by atoms with E-state index in [1.165, 1.54) is 0 Å². The minimum absolute atomic E-state index is 0.0659. The minimum atomic E-state index is -0.312.